The molecule has 0 radical (unpaired) electrons. The van der Waals surface area contributed by atoms with Gasteiger partial charge in [-0.1, -0.05) is 12.1 Å². The first-order chi connectivity index (χ1) is 9.79. The molecule has 0 amide bonds. The largest absolute Gasteiger partial charge is 0.387 e. The second-order valence-corrected chi connectivity index (χ2v) is 7.19. The normalized spacial score (nSPS) is 13.1. The van der Waals surface area contributed by atoms with Gasteiger partial charge in [-0.2, -0.15) is 0 Å². The summed E-state index contributed by atoms with van der Waals surface area (Å²) < 4.78 is 24.7. The van der Waals surface area contributed by atoms with Gasteiger partial charge in [0.15, 0.2) is 9.84 Å². The van der Waals surface area contributed by atoms with E-state index in [2.05, 4.69) is 5.43 Å². The quantitative estimate of drug-likeness (QED) is 0.883. The van der Waals surface area contributed by atoms with Crippen LogP contribution in [0.25, 0.3) is 0 Å². The van der Waals surface area contributed by atoms with E-state index < -0.39 is 15.9 Å². The summed E-state index contributed by atoms with van der Waals surface area (Å²) in [5.74, 6) is 0. The lowest BCUT2D eigenvalue weighted by molar-refractivity contribution is 0.188. The van der Waals surface area contributed by atoms with E-state index in [1.807, 2.05) is 30.7 Å². The van der Waals surface area contributed by atoms with Crippen molar-refractivity contribution in [3.63, 3.8) is 0 Å². The van der Waals surface area contributed by atoms with Crippen molar-refractivity contribution in [2.75, 3.05) is 18.2 Å². The third-order valence-corrected chi connectivity index (χ3v) is 4.54. The molecular weight excluding hydrogens is 288 g/mol. The third kappa shape index (κ3) is 3.65. The molecule has 2 rings (SSSR count). The summed E-state index contributed by atoms with van der Waals surface area (Å²) >= 11 is 0. The van der Waals surface area contributed by atoms with Gasteiger partial charge in [0.05, 0.1) is 17.5 Å². The van der Waals surface area contributed by atoms with Crippen LogP contribution in [0.15, 0.2) is 41.3 Å². The Hall–Kier alpha value is -1.79. The number of hydrogen-bond donors (Lipinski definition) is 2. The van der Waals surface area contributed by atoms with Gasteiger partial charge < -0.3 is 10.5 Å². The van der Waals surface area contributed by atoms with E-state index in [0.717, 1.165) is 17.6 Å². The first-order valence-corrected chi connectivity index (χ1v) is 8.55. The molecule has 0 fully saturated rings. The number of rotatable bonds is 5. The average Bonchev–Trinajstić information content (AvgIpc) is 2.75. The zero-order chi connectivity index (χ0) is 15.6. The number of nitrogens with zero attached hydrogens (tertiary/aromatic N) is 1. The van der Waals surface area contributed by atoms with Crippen LogP contribution in [0.3, 0.4) is 0 Å². The molecule has 114 valence electrons. The molecule has 0 aliphatic rings. The molecule has 2 N–H and O–H groups in total. The van der Waals surface area contributed by atoms with Gasteiger partial charge in [-0.15, -0.1) is 0 Å². The van der Waals surface area contributed by atoms with Crippen LogP contribution in [0.2, 0.25) is 0 Å². The number of nitrogens with one attached hydrogen (secondary N) is 1. The lowest BCUT2D eigenvalue weighted by atomic mass is 10.1. The molecule has 0 saturated heterocycles. The van der Waals surface area contributed by atoms with E-state index in [4.69, 9.17) is 0 Å². The fraction of sp³-hybridized carbons (Fsp3) is 0.333. The summed E-state index contributed by atoms with van der Waals surface area (Å²) in [7, 11) is -3.21. The highest BCUT2D eigenvalue weighted by Crippen LogP contribution is 2.16. The van der Waals surface area contributed by atoms with Crippen molar-refractivity contribution >= 4 is 9.84 Å². The van der Waals surface area contributed by atoms with E-state index in [9.17, 15) is 13.5 Å². The number of aryl methyl sites for hydroxylation is 2. The minimum Gasteiger partial charge on any atom is -0.387 e. The second kappa shape index (κ2) is 5.91. The average molecular weight is 308 g/mol. The van der Waals surface area contributed by atoms with Crippen LogP contribution in [0.5, 0.6) is 0 Å². The maximum absolute atomic E-state index is 11.4. The Balaban J connectivity index is 2.05. The Morgan fingerprint density at radius 3 is 2.10 bits per heavy atom. The first-order valence-electron chi connectivity index (χ1n) is 6.66. The van der Waals surface area contributed by atoms with Crippen molar-refractivity contribution in [3.05, 3.63) is 53.3 Å². The summed E-state index contributed by atoms with van der Waals surface area (Å²) in [4.78, 5) is 0.253. The van der Waals surface area contributed by atoms with E-state index >= 15 is 0 Å². The Kier molecular flexibility index (Phi) is 4.39. The molecular formula is C15H20N2O3S. The molecule has 21 heavy (non-hydrogen) atoms. The van der Waals surface area contributed by atoms with Gasteiger partial charge in [0.1, 0.15) is 0 Å². The number of benzene rings is 1. The van der Waals surface area contributed by atoms with E-state index in [1.165, 1.54) is 12.1 Å². The molecule has 0 aliphatic heterocycles. The number of aliphatic hydroxyl groups excluding tert-OH is 1. The predicted molar refractivity (Wildman–Crippen MR) is 82.6 cm³/mol. The van der Waals surface area contributed by atoms with Crippen LogP contribution < -0.4 is 5.43 Å². The molecule has 2 aromatic rings. The summed E-state index contributed by atoms with van der Waals surface area (Å²) in [5, 5.41) is 10.2. The molecule has 5 nitrogen and oxygen atoms in total. The highest BCUT2D eigenvalue weighted by Gasteiger charge is 2.11. The molecule has 1 atom stereocenters. The van der Waals surface area contributed by atoms with Gasteiger partial charge in [-0.3, -0.25) is 4.68 Å². The molecule has 0 saturated carbocycles. The highest BCUT2D eigenvalue weighted by atomic mass is 32.2. The summed E-state index contributed by atoms with van der Waals surface area (Å²) in [5.41, 5.74) is 5.96. The van der Waals surface area contributed by atoms with Gasteiger partial charge >= 0.3 is 0 Å². The zero-order valence-electron chi connectivity index (χ0n) is 12.4. The smallest absolute Gasteiger partial charge is 0.175 e. The molecule has 0 aliphatic carbocycles. The summed E-state index contributed by atoms with van der Waals surface area (Å²) in [6.07, 6.45) is 0.456. The predicted octanol–water partition coefficient (Wildman–Crippen LogP) is 1.79. The monoisotopic (exact) mass is 308 g/mol. The van der Waals surface area contributed by atoms with Crippen LogP contribution in [0.1, 0.15) is 23.1 Å². The van der Waals surface area contributed by atoms with E-state index in [1.54, 1.807) is 12.1 Å². The summed E-state index contributed by atoms with van der Waals surface area (Å²) in [6.45, 7) is 4.30. The third-order valence-electron chi connectivity index (χ3n) is 3.41. The first kappa shape index (κ1) is 15.6. The minimum absolute atomic E-state index is 0.253. The van der Waals surface area contributed by atoms with Crippen molar-refractivity contribution < 1.29 is 13.5 Å². The fourth-order valence-corrected chi connectivity index (χ4v) is 2.78. The summed E-state index contributed by atoms with van der Waals surface area (Å²) in [6, 6.07) is 10.3. The maximum Gasteiger partial charge on any atom is 0.175 e. The number of hydrogen-bond acceptors (Lipinski definition) is 4. The molecule has 1 aromatic carbocycles. The van der Waals surface area contributed by atoms with Gasteiger partial charge in [-0.05, 0) is 43.7 Å². The SMILES string of the molecule is Cc1ccc(C)n1NCC(O)c1ccc(S(C)(=O)=O)cc1. The topological polar surface area (TPSA) is 71.3 Å². The Bertz CT molecular complexity index is 698. The second-order valence-electron chi connectivity index (χ2n) is 5.17. The Morgan fingerprint density at radius 1 is 1.10 bits per heavy atom. The molecule has 6 heteroatoms. The van der Waals surface area contributed by atoms with Crippen molar-refractivity contribution in [2.45, 2.75) is 24.8 Å². The van der Waals surface area contributed by atoms with Gasteiger partial charge in [0.25, 0.3) is 0 Å². The molecule has 0 spiro atoms. The Morgan fingerprint density at radius 2 is 1.62 bits per heavy atom. The van der Waals surface area contributed by atoms with Crippen LogP contribution in [0, 0.1) is 13.8 Å². The van der Waals surface area contributed by atoms with Gasteiger partial charge in [-0.25, -0.2) is 8.42 Å². The van der Waals surface area contributed by atoms with Crippen molar-refractivity contribution in [1.29, 1.82) is 0 Å². The van der Waals surface area contributed by atoms with Crippen LogP contribution in [-0.4, -0.2) is 31.0 Å². The van der Waals surface area contributed by atoms with Crippen LogP contribution >= 0.6 is 0 Å². The maximum atomic E-state index is 11.4. The van der Waals surface area contributed by atoms with Crippen molar-refractivity contribution in [2.24, 2.45) is 0 Å². The number of sulfone groups is 1. The fourth-order valence-electron chi connectivity index (χ4n) is 2.15. The van der Waals surface area contributed by atoms with Crippen LogP contribution in [0.4, 0.5) is 0 Å². The highest BCUT2D eigenvalue weighted by molar-refractivity contribution is 7.90. The van der Waals surface area contributed by atoms with Crippen LogP contribution in [-0.2, 0) is 9.84 Å². The molecule has 1 heterocycles. The van der Waals surface area contributed by atoms with Crippen molar-refractivity contribution in [1.82, 2.24) is 4.68 Å². The Labute approximate surface area is 125 Å². The van der Waals surface area contributed by atoms with E-state index in [-0.39, 0.29) is 4.90 Å². The number of aliphatic hydroxyl groups is 1. The molecule has 1 unspecified atom stereocenters. The minimum atomic E-state index is -3.21. The molecule has 0 bridgehead atoms. The lowest BCUT2D eigenvalue weighted by Crippen LogP contribution is -2.23. The standard InChI is InChI=1S/C15H20N2O3S/c1-11-4-5-12(2)17(11)16-10-15(18)13-6-8-14(9-7-13)21(3,19)20/h4-9,15-16,18H,10H2,1-3H3. The molecule has 1 aromatic heterocycles. The van der Waals surface area contributed by atoms with Crippen molar-refractivity contribution in [3.8, 4) is 0 Å². The van der Waals surface area contributed by atoms with E-state index in [0.29, 0.717) is 12.1 Å². The van der Waals surface area contributed by atoms with Gasteiger partial charge in [0, 0.05) is 17.6 Å². The zero-order valence-corrected chi connectivity index (χ0v) is 13.2. The lowest BCUT2D eigenvalue weighted by Gasteiger charge is -2.17. The number of aromatic nitrogens is 1. The van der Waals surface area contributed by atoms with Gasteiger partial charge in [0.2, 0.25) is 0 Å².